The van der Waals surface area contributed by atoms with Gasteiger partial charge < -0.3 is 19.7 Å². The third kappa shape index (κ3) is 3.93. The second-order valence-electron chi connectivity index (χ2n) is 9.58. The van der Waals surface area contributed by atoms with E-state index in [-0.39, 0.29) is 29.9 Å². The summed E-state index contributed by atoms with van der Waals surface area (Å²) in [6.07, 6.45) is -0.151. The summed E-state index contributed by atoms with van der Waals surface area (Å²) in [5.74, 6) is -1.72. The summed E-state index contributed by atoms with van der Waals surface area (Å²) < 4.78 is 10.0. The number of hydrogen-bond acceptors (Lipinski definition) is 6. The molecule has 1 aliphatic rings. The van der Waals surface area contributed by atoms with E-state index >= 15 is 0 Å². The van der Waals surface area contributed by atoms with E-state index in [1.54, 1.807) is 0 Å². The van der Waals surface area contributed by atoms with E-state index in [0.717, 1.165) is 27.8 Å². The molecular formula is C29H30O6. The molecule has 4 rings (SSSR count). The molecule has 0 saturated carbocycles. The summed E-state index contributed by atoms with van der Waals surface area (Å²) in [6.45, 7) is 7.82. The lowest BCUT2D eigenvalue weighted by Gasteiger charge is -2.22. The van der Waals surface area contributed by atoms with Gasteiger partial charge in [0.1, 0.15) is 11.5 Å². The van der Waals surface area contributed by atoms with Crippen molar-refractivity contribution in [2.45, 2.75) is 40.5 Å². The quantitative estimate of drug-likeness (QED) is 0.404. The SMILES string of the molecule is COC(=O)C1(C(=O)OC)Cc2c(O)c(-c3cc(C)cc(C)c3)c(O)c(-c3cc(C)cc(C)c3)c2C1. The van der Waals surface area contributed by atoms with Crippen LogP contribution in [0, 0.1) is 33.1 Å². The number of ether oxygens (including phenoxy) is 2. The van der Waals surface area contributed by atoms with E-state index < -0.39 is 17.4 Å². The van der Waals surface area contributed by atoms with Crippen LogP contribution >= 0.6 is 0 Å². The first kappa shape index (κ1) is 24.3. The Kier molecular flexibility index (Phi) is 6.09. The Hall–Kier alpha value is -3.80. The van der Waals surface area contributed by atoms with Crippen LogP contribution in [0.4, 0.5) is 0 Å². The molecule has 182 valence electrons. The third-order valence-electron chi connectivity index (χ3n) is 6.79. The van der Waals surface area contributed by atoms with Gasteiger partial charge in [-0.25, -0.2) is 0 Å². The number of benzene rings is 3. The molecule has 0 fully saturated rings. The van der Waals surface area contributed by atoms with Crippen LogP contribution in [-0.2, 0) is 31.9 Å². The highest BCUT2D eigenvalue weighted by Crippen LogP contribution is 2.55. The lowest BCUT2D eigenvalue weighted by atomic mass is 9.84. The summed E-state index contributed by atoms with van der Waals surface area (Å²) in [4.78, 5) is 25.9. The van der Waals surface area contributed by atoms with Crippen molar-refractivity contribution in [3.05, 3.63) is 69.8 Å². The summed E-state index contributed by atoms with van der Waals surface area (Å²) >= 11 is 0. The lowest BCUT2D eigenvalue weighted by Crippen LogP contribution is -2.42. The fraction of sp³-hybridized carbons (Fsp3) is 0.310. The van der Waals surface area contributed by atoms with Gasteiger partial charge >= 0.3 is 11.9 Å². The van der Waals surface area contributed by atoms with Crippen LogP contribution in [0.2, 0.25) is 0 Å². The number of carbonyl (C=O) groups excluding carboxylic acids is 2. The van der Waals surface area contributed by atoms with Crippen LogP contribution in [0.25, 0.3) is 22.3 Å². The zero-order chi connectivity index (χ0) is 25.7. The van der Waals surface area contributed by atoms with Crippen molar-refractivity contribution in [2.24, 2.45) is 5.41 Å². The fourth-order valence-corrected chi connectivity index (χ4v) is 5.46. The normalized spacial score (nSPS) is 13.9. The molecule has 0 atom stereocenters. The molecule has 0 unspecified atom stereocenters. The van der Waals surface area contributed by atoms with Crippen molar-refractivity contribution in [1.29, 1.82) is 0 Å². The van der Waals surface area contributed by atoms with Crippen LogP contribution < -0.4 is 0 Å². The number of methoxy groups -OCH3 is 2. The molecule has 3 aromatic rings. The molecule has 0 amide bonds. The zero-order valence-corrected chi connectivity index (χ0v) is 20.9. The van der Waals surface area contributed by atoms with E-state index in [0.29, 0.717) is 22.3 Å². The van der Waals surface area contributed by atoms with Crippen molar-refractivity contribution >= 4 is 11.9 Å². The number of hydrogen-bond donors (Lipinski definition) is 2. The van der Waals surface area contributed by atoms with Gasteiger partial charge in [0.25, 0.3) is 0 Å². The molecule has 0 bridgehead atoms. The summed E-state index contributed by atoms with van der Waals surface area (Å²) in [5, 5.41) is 23.2. The van der Waals surface area contributed by atoms with Gasteiger partial charge in [0, 0.05) is 24.0 Å². The minimum Gasteiger partial charge on any atom is -0.507 e. The number of phenols is 2. The minimum atomic E-state index is -1.65. The van der Waals surface area contributed by atoms with Crippen LogP contribution in [0.1, 0.15) is 33.4 Å². The molecule has 6 heteroatoms. The Labute approximate surface area is 205 Å². The first-order valence-corrected chi connectivity index (χ1v) is 11.5. The van der Waals surface area contributed by atoms with Crippen LogP contribution in [-0.4, -0.2) is 36.4 Å². The number of aromatic hydroxyl groups is 2. The van der Waals surface area contributed by atoms with Gasteiger partial charge in [0.05, 0.1) is 19.8 Å². The first-order chi connectivity index (χ1) is 16.5. The van der Waals surface area contributed by atoms with Gasteiger partial charge in [0.15, 0.2) is 5.41 Å². The van der Waals surface area contributed by atoms with E-state index in [1.807, 2.05) is 64.1 Å². The summed E-state index contributed by atoms with van der Waals surface area (Å²) in [7, 11) is 2.44. The number of fused-ring (bicyclic) bond motifs is 1. The molecule has 0 radical (unpaired) electrons. The standard InChI is InChI=1S/C29H30O6/c1-15-7-16(2)10-19(9-15)23-21-13-29(27(32)34-5,28(33)35-6)14-22(21)25(30)24(26(23)31)20-11-17(3)8-18(4)12-20/h7-12,30-31H,13-14H2,1-6H3. The highest BCUT2D eigenvalue weighted by molar-refractivity contribution is 6.03. The van der Waals surface area contributed by atoms with Crippen LogP contribution in [0.15, 0.2) is 36.4 Å². The van der Waals surface area contributed by atoms with Crippen molar-refractivity contribution in [3.63, 3.8) is 0 Å². The molecule has 2 N–H and O–H groups in total. The van der Waals surface area contributed by atoms with Gasteiger partial charge in [-0.15, -0.1) is 0 Å². The van der Waals surface area contributed by atoms with Gasteiger partial charge in [-0.3, -0.25) is 9.59 Å². The number of phenolic OH excluding ortho intramolecular Hbond substituents is 2. The van der Waals surface area contributed by atoms with Crippen molar-refractivity contribution in [2.75, 3.05) is 14.2 Å². The lowest BCUT2D eigenvalue weighted by molar-refractivity contribution is -0.168. The van der Waals surface area contributed by atoms with Crippen molar-refractivity contribution < 1.29 is 29.3 Å². The number of carbonyl (C=O) groups is 2. The average molecular weight is 475 g/mol. The Morgan fingerprint density at radius 2 is 1.06 bits per heavy atom. The maximum Gasteiger partial charge on any atom is 0.323 e. The van der Waals surface area contributed by atoms with E-state index in [9.17, 15) is 19.8 Å². The van der Waals surface area contributed by atoms with Gasteiger partial charge in [-0.05, 0) is 44.4 Å². The molecule has 0 spiro atoms. The summed E-state index contributed by atoms with van der Waals surface area (Å²) in [5.41, 5.74) is 5.44. The van der Waals surface area contributed by atoms with Gasteiger partial charge in [-0.1, -0.05) is 58.7 Å². The molecule has 0 saturated heterocycles. The van der Waals surface area contributed by atoms with Crippen molar-refractivity contribution in [1.82, 2.24) is 0 Å². The molecular weight excluding hydrogens is 444 g/mol. The van der Waals surface area contributed by atoms with Crippen LogP contribution in [0.5, 0.6) is 11.5 Å². The topological polar surface area (TPSA) is 93.1 Å². The Morgan fingerprint density at radius 3 is 1.49 bits per heavy atom. The summed E-state index contributed by atoms with van der Waals surface area (Å²) in [6, 6.07) is 11.7. The molecule has 0 aromatic heterocycles. The van der Waals surface area contributed by atoms with Gasteiger partial charge in [-0.2, -0.15) is 0 Å². The number of aryl methyl sites for hydroxylation is 4. The molecule has 1 aliphatic carbocycles. The molecule has 3 aromatic carbocycles. The van der Waals surface area contributed by atoms with E-state index in [1.165, 1.54) is 14.2 Å². The largest absolute Gasteiger partial charge is 0.507 e. The Balaban J connectivity index is 2.10. The molecule has 0 aliphatic heterocycles. The smallest absolute Gasteiger partial charge is 0.323 e. The second kappa shape index (κ2) is 8.77. The predicted molar refractivity (Wildman–Crippen MR) is 133 cm³/mol. The van der Waals surface area contributed by atoms with Crippen molar-refractivity contribution in [3.8, 4) is 33.8 Å². The Bertz CT molecular complexity index is 1310. The predicted octanol–water partition coefficient (Wildman–Crippen LogP) is 5.10. The van der Waals surface area contributed by atoms with Crippen LogP contribution in [0.3, 0.4) is 0 Å². The maximum atomic E-state index is 12.9. The number of rotatable bonds is 4. The fourth-order valence-electron chi connectivity index (χ4n) is 5.46. The highest BCUT2D eigenvalue weighted by atomic mass is 16.5. The zero-order valence-electron chi connectivity index (χ0n) is 20.9. The monoisotopic (exact) mass is 474 g/mol. The number of esters is 2. The average Bonchev–Trinajstić information content (AvgIpc) is 3.19. The molecule has 0 heterocycles. The third-order valence-corrected chi connectivity index (χ3v) is 6.79. The van der Waals surface area contributed by atoms with Gasteiger partial charge in [0.2, 0.25) is 0 Å². The second-order valence-corrected chi connectivity index (χ2v) is 9.58. The van der Waals surface area contributed by atoms with E-state index in [4.69, 9.17) is 9.47 Å². The first-order valence-electron chi connectivity index (χ1n) is 11.5. The molecule has 35 heavy (non-hydrogen) atoms. The maximum absolute atomic E-state index is 12.9. The van der Waals surface area contributed by atoms with E-state index in [2.05, 4.69) is 0 Å². The Morgan fingerprint density at radius 1 is 0.657 bits per heavy atom. The molecule has 6 nitrogen and oxygen atoms in total. The highest BCUT2D eigenvalue weighted by Gasteiger charge is 2.54. The minimum absolute atomic E-state index is 0.0573.